The Kier molecular flexibility index (Phi) is 6.01. The van der Waals surface area contributed by atoms with Crippen molar-refractivity contribution in [2.75, 3.05) is 6.26 Å². The fraction of sp³-hybridized carbons (Fsp3) is 0.471. The summed E-state index contributed by atoms with van der Waals surface area (Å²) in [6.45, 7) is 3.54. The number of aliphatic carboxylic acids is 1. The topological polar surface area (TPSA) is 118 Å². The van der Waals surface area contributed by atoms with Gasteiger partial charge >= 0.3 is 5.97 Å². The van der Waals surface area contributed by atoms with Crippen LogP contribution >= 0.6 is 0 Å². The highest BCUT2D eigenvalue weighted by Gasteiger charge is 2.23. The van der Waals surface area contributed by atoms with Crippen molar-refractivity contribution in [3.05, 3.63) is 30.1 Å². The monoisotopic (exact) mass is 381 g/mol. The van der Waals surface area contributed by atoms with Crippen LogP contribution in [0.25, 0.3) is 11.0 Å². The molecule has 1 aromatic heterocycles. The molecule has 2 N–H and O–H groups in total. The molecule has 1 atom stereocenters. The molecule has 2 aromatic rings. The predicted molar refractivity (Wildman–Crippen MR) is 97.3 cm³/mol. The van der Waals surface area contributed by atoms with Crippen LogP contribution in [0, 0.1) is 5.92 Å². The van der Waals surface area contributed by atoms with E-state index in [9.17, 15) is 23.1 Å². The van der Waals surface area contributed by atoms with Crippen LogP contribution in [0.1, 0.15) is 26.1 Å². The number of imidazole rings is 1. The smallest absolute Gasteiger partial charge is 0.326 e. The van der Waals surface area contributed by atoms with E-state index in [0.29, 0.717) is 17.5 Å². The van der Waals surface area contributed by atoms with Crippen LogP contribution in [0.5, 0.6) is 0 Å². The average molecular weight is 381 g/mol. The van der Waals surface area contributed by atoms with E-state index in [1.807, 2.05) is 13.8 Å². The van der Waals surface area contributed by atoms with Gasteiger partial charge in [0.05, 0.1) is 11.0 Å². The van der Waals surface area contributed by atoms with Gasteiger partial charge in [0.15, 0.2) is 9.84 Å². The maximum atomic E-state index is 12.4. The molecule has 0 aliphatic carbocycles. The Labute approximate surface area is 152 Å². The van der Waals surface area contributed by atoms with E-state index in [0.717, 1.165) is 6.26 Å². The number of fused-ring (bicyclic) bond motifs is 1. The first-order valence-corrected chi connectivity index (χ1v) is 10.3. The van der Waals surface area contributed by atoms with E-state index in [4.69, 9.17) is 0 Å². The predicted octanol–water partition coefficient (Wildman–Crippen LogP) is 1.20. The number of carboxylic acid groups (broad SMARTS) is 1. The quantitative estimate of drug-likeness (QED) is 0.709. The van der Waals surface area contributed by atoms with E-state index in [-0.39, 0.29) is 24.0 Å². The number of carboxylic acids is 1. The summed E-state index contributed by atoms with van der Waals surface area (Å²) in [5, 5.41) is 11.8. The number of carbonyl (C=O) groups excluding carboxylic acids is 1. The van der Waals surface area contributed by atoms with Gasteiger partial charge < -0.3 is 15.0 Å². The standard InChI is InChI=1S/C17H23N3O5S/c1-11(2)8-13(17(22)23)19-16(21)9-20-14-7-5-4-6-12(14)18-15(20)10-26(3,24)25/h4-7,11,13H,8-10H2,1-3H3,(H,19,21)(H,22,23)/t13-/m1/s1. The highest BCUT2D eigenvalue weighted by atomic mass is 32.2. The molecule has 0 saturated carbocycles. The molecule has 9 heteroatoms. The molecule has 2 rings (SSSR count). The van der Waals surface area contributed by atoms with Gasteiger partial charge in [-0.25, -0.2) is 18.2 Å². The molecule has 1 aromatic carbocycles. The van der Waals surface area contributed by atoms with E-state index in [2.05, 4.69) is 10.3 Å². The van der Waals surface area contributed by atoms with Gasteiger partial charge in [0.25, 0.3) is 0 Å². The fourth-order valence-corrected chi connectivity index (χ4v) is 3.41. The fourth-order valence-electron chi connectivity index (χ4n) is 2.72. The van der Waals surface area contributed by atoms with Gasteiger partial charge in [-0.05, 0) is 24.5 Å². The third-order valence-electron chi connectivity index (χ3n) is 3.77. The Morgan fingerprint density at radius 3 is 2.50 bits per heavy atom. The van der Waals surface area contributed by atoms with Gasteiger partial charge in [-0.2, -0.15) is 0 Å². The van der Waals surface area contributed by atoms with Gasteiger partial charge in [-0.15, -0.1) is 0 Å². The molecule has 0 fully saturated rings. The molecule has 26 heavy (non-hydrogen) atoms. The van der Waals surface area contributed by atoms with Gasteiger partial charge in [0.2, 0.25) is 5.91 Å². The second-order valence-electron chi connectivity index (χ2n) is 6.76. The largest absolute Gasteiger partial charge is 0.480 e. The summed E-state index contributed by atoms with van der Waals surface area (Å²) in [5.41, 5.74) is 1.20. The lowest BCUT2D eigenvalue weighted by atomic mass is 10.0. The molecular weight excluding hydrogens is 358 g/mol. The third-order valence-corrected chi connectivity index (χ3v) is 4.55. The molecule has 0 aliphatic rings. The van der Waals surface area contributed by atoms with Gasteiger partial charge in [0.1, 0.15) is 24.2 Å². The Morgan fingerprint density at radius 2 is 1.92 bits per heavy atom. The first-order valence-electron chi connectivity index (χ1n) is 8.21. The summed E-state index contributed by atoms with van der Waals surface area (Å²) in [4.78, 5) is 28.0. The van der Waals surface area contributed by atoms with E-state index >= 15 is 0 Å². The number of hydrogen-bond donors (Lipinski definition) is 2. The van der Waals surface area contributed by atoms with Crippen molar-refractivity contribution in [1.29, 1.82) is 0 Å². The minimum Gasteiger partial charge on any atom is -0.480 e. The Hall–Kier alpha value is -2.42. The van der Waals surface area contributed by atoms with Gasteiger partial charge in [0, 0.05) is 6.26 Å². The van der Waals surface area contributed by atoms with Crippen molar-refractivity contribution in [2.24, 2.45) is 5.92 Å². The molecule has 0 aliphatic heterocycles. The third kappa shape index (κ3) is 5.29. The maximum Gasteiger partial charge on any atom is 0.326 e. The Morgan fingerprint density at radius 1 is 1.27 bits per heavy atom. The van der Waals surface area contributed by atoms with Gasteiger partial charge in [-0.3, -0.25) is 4.79 Å². The molecule has 142 valence electrons. The molecule has 0 unspecified atom stereocenters. The number of rotatable bonds is 8. The highest BCUT2D eigenvalue weighted by molar-refractivity contribution is 7.89. The molecule has 0 spiro atoms. The first-order chi connectivity index (χ1) is 12.1. The normalized spacial score (nSPS) is 13.1. The zero-order valence-electron chi connectivity index (χ0n) is 15.0. The van der Waals surface area contributed by atoms with E-state index in [1.54, 1.807) is 24.3 Å². The van der Waals surface area contributed by atoms with Gasteiger partial charge in [-0.1, -0.05) is 26.0 Å². The summed E-state index contributed by atoms with van der Waals surface area (Å²) >= 11 is 0. The molecule has 0 saturated heterocycles. The summed E-state index contributed by atoms with van der Waals surface area (Å²) in [5.74, 6) is -1.55. The number of nitrogens with zero attached hydrogens (tertiary/aromatic N) is 2. The molecule has 8 nitrogen and oxygen atoms in total. The van der Waals surface area contributed by atoms with Crippen LogP contribution in [0.15, 0.2) is 24.3 Å². The molecule has 1 heterocycles. The molecule has 0 radical (unpaired) electrons. The summed E-state index contributed by atoms with van der Waals surface area (Å²) < 4.78 is 24.9. The number of hydrogen-bond acceptors (Lipinski definition) is 5. The first kappa shape index (κ1) is 19.9. The van der Waals surface area contributed by atoms with Crippen LogP contribution in [-0.2, 0) is 31.7 Å². The Balaban J connectivity index is 2.29. The van der Waals surface area contributed by atoms with E-state index in [1.165, 1.54) is 4.57 Å². The number of sulfone groups is 1. The number of para-hydroxylation sites is 2. The number of benzene rings is 1. The van der Waals surface area contributed by atoms with Crippen molar-refractivity contribution in [1.82, 2.24) is 14.9 Å². The summed E-state index contributed by atoms with van der Waals surface area (Å²) in [6, 6.07) is 6.02. The van der Waals surface area contributed by atoms with Crippen LogP contribution in [-0.4, -0.2) is 47.2 Å². The lowest BCUT2D eigenvalue weighted by molar-refractivity contribution is -0.142. The molecule has 0 bridgehead atoms. The van der Waals surface area contributed by atoms with Crippen molar-refractivity contribution in [3.63, 3.8) is 0 Å². The lowest BCUT2D eigenvalue weighted by Crippen LogP contribution is -2.43. The Bertz CT molecular complexity index is 918. The molecular formula is C17H23N3O5S. The summed E-state index contributed by atoms with van der Waals surface area (Å²) in [7, 11) is -3.34. The second-order valence-corrected chi connectivity index (χ2v) is 8.90. The minimum atomic E-state index is -3.34. The number of nitrogens with one attached hydrogen (secondary N) is 1. The van der Waals surface area contributed by atoms with Crippen LogP contribution in [0.2, 0.25) is 0 Å². The van der Waals surface area contributed by atoms with E-state index < -0.39 is 27.8 Å². The zero-order valence-corrected chi connectivity index (χ0v) is 15.8. The van der Waals surface area contributed by atoms with Crippen LogP contribution in [0.3, 0.4) is 0 Å². The second kappa shape index (κ2) is 7.86. The zero-order chi connectivity index (χ0) is 19.5. The number of carbonyl (C=O) groups is 2. The molecule has 1 amide bonds. The highest BCUT2D eigenvalue weighted by Crippen LogP contribution is 2.17. The van der Waals surface area contributed by atoms with Crippen molar-refractivity contribution in [3.8, 4) is 0 Å². The minimum absolute atomic E-state index is 0.103. The van der Waals surface area contributed by atoms with Crippen molar-refractivity contribution < 1.29 is 23.1 Å². The maximum absolute atomic E-state index is 12.4. The van der Waals surface area contributed by atoms with Crippen molar-refractivity contribution in [2.45, 2.75) is 38.6 Å². The van der Waals surface area contributed by atoms with Crippen LogP contribution in [0.4, 0.5) is 0 Å². The van der Waals surface area contributed by atoms with Crippen LogP contribution < -0.4 is 5.32 Å². The number of amides is 1. The number of aromatic nitrogens is 2. The SMILES string of the molecule is CC(C)C[C@@H](NC(=O)Cn1c(CS(C)(=O)=O)nc2ccccc21)C(=O)O. The summed E-state index contributed by atoms with van der Waals surface area (Å²) in [6.07, 6.45) is 1.40. The van der Waals surface area contributed by atoms with Crippen molar-refractivity contribution >= 4 is 32.7 Å². The lowest BCUT2D eigenvalue weighted by Gasteiger charge is -2.17. The average Bonchev–Trinajstić information content (AvgIpc) is 2.81.